The van der Waals surface area contributed by atoms with E-state index in [1.54, 1.807) is 0 Å². The van der Waals surface area contributed by atoms with Crippen molar-refractivity contribution < 1.29 is 9.90 Å². The molecule has 1 N–H and O–H groups in total. The third-order valence-electron chi connectivity index (χ3n) is 3.65. The van der Waals surface area contributed by atoms with Gasteiger partial charge in [-0.3, -0.25) is 4.79 Å². The Hall–Kier alpha value is 0.132. The van der Waals surface area contributed by atoms with E-state index in [0.29, 0.717) is 6.42 Å². The van der Waals surface area contributed by atoms with Gasteiger partial charge in [0, 0.05) is 33.7 Å². The van der Waals surface area contributed by atoms with E-state index in [9.17, 15) is 4.79 Å². The Morgan fingerprint density at radius 2 is 1.19 bits per heavy atom. The van der Waals surface area contributed by atoms with Crippen LogP contribution in [0.25, 0.3) is 0 Å². The van der Waals surface area contributed by atoms with Crippen LogP contribution < -0.4 is 0 Å². The second kappa shape index (κ2) is 20.1. The van der Waals surface area contributed by atoms with E-state index in [-0.39, 0.29) is 27.3 Å². The molecule has 0 aliphatic rings. The van der Waals surface area contributed by atoms with Crippen molar-refractivity contribution in [2.24, 2.45) is 0 Å². The van der Waals surface area contributed by atoms with Crippen molar-refractivity contribution in [3.05, 3.63) is 12.2 Å². The molecule has 0 atom stereocenters. The third kappa shape index (κ3) is 22.6. The van der Waals surface area contributed by atoms with Crippen molar-refractivity contribution in [1.82, 2.24) is 0 Å². The number of carboxylic acid groups (broad SMARTS) is 1. The van der Waals surface area contributed by atoms with E-state index in [1.165, 1.54) is 70.6 Å². The molecule has 0 rings (SSSR count). The van der Waals surface area contributed by atoms with Gasteiger partial charge in [-0.05, 0) is 32.1 Å². The Kier molecular flexibility index (Phi) is 22.4. The van der Waals surface area contributed by atoms with Crippen LogP contribution in [-0.2, 0) is 4.79 Å². The van der Waals surface area contributed by atoms with E-state index in [2.05, 4.69) is 19.1 Å². The summed E-state index contributed by atoms with van der Waals surface area (Å²) >= 11 is 0. The van der Waals surface area contributed by atoms with Crippen molar-refractivity contribution in [3.8, 4) is 0 Å². The summed E-state index contributed by atoms with van der Waals surface area (Å²) in [6.07, 6.45) is 21.2. The molecule has 0 fully saturated rings. The van der Waals surface area contributed by atoms with Crippen LogP contribution in [0.4, 0.5) is 0 Å². The molecule has 121 valence electrons. The summed E-state index contributed by atoms with van der Waals surface area (Å²) in [4.78, 5) is 10.3. The van der Waals surface area contributed by atoms with Gasteiger partial charge in [-0.15, -0.1) is 0 Å². The molecule has 1 radical (unpaired) electrons. The van der Waals surface area contributed by atoms with E-state index < -0.39 is 5.97 Å². The zero-order chi connectivity index (χ0) is 14.9. The minimum Gasteiger partial charge on any atom is -0.481 e. The molecular formula is C18H34O2Tl. The fourth-order valence-corrected chi connectivity index (χ4v) is 2.35. The Balaban J connectivity index is 0. The zero-order valence-corrected chi connectivity index (χ0v) is 18.5. The smallest absolute Gasteiger partial charge is 0.303 e. The minimum absolute atomic E-state index is 0. The standard InChI is InChI=1S/C18H34O2.Tl/c1-2-3-4-5-6-7-8-9-10-11-12-13-14-15-16-17-18(19)20;/h9-10H,2-8,11-17H2,1H3,(H,19,20);. The Labute approximate surface area is 151 Å². The van der Waals surface area contributed by atoms with Gasteiger partial charge in [0.15, 0.2) is 0 Å². The minimum atomic E-state index is -0.664. The van der Waals surface area contributed by atoms with Crippen LogP contribution in [0.5, 0.6) is 0 Å². The molecule has 0 amide bonds. The van der Waals surface area contributed by atoms with Gasteiger partial charge < -0.3 is 5.11 Å². The molecule has 0 saturated heterocycles. The van der Waals surface area contributed by atoms with Crippen molar-refractivity contribution in [2.45, 2.75) is 96.8 Å². The molecule has 0 heterocycles. The monoisotopic (exact) mass is 487 g/mol. The van der Waals surface area contributed by atoms with Crippen LogP contribution in [-0.4, -0.2) is 38.4 Å². The van der Waals surface area contributed by atoms with Gasteiger partial charge in [-0.2, -0.15) is 0 Å². The summed E-state index contributed by atoms with van der Waals surface area (Å²) in [5, 5.41) is 8.51. The molecule has 0 aliphatic heterocycles. The van der Waals surface area contributed by atoms with Crippen LogP contribution in [0, 0.1) is 0 Å². The predicted octanol–water partition coefficient (Wildman–Crippen LogP) is 5.73. The number of hydrogen-bond acceptors (Lipinski definition) is 1. The maximum atomic E-state index is 10.3. The molecule has 0 unspecified atom stereocenters. The van der Waals surface area contributed by atoms with Gasteiger partial charge in [0.2, 0.25) is 0 Å². The first kappa shape index (κ1) is 23.4. The van der Waals surface area contributed by atoms with Gasteiger partial charge in [0.05, 0.1) is 0 Å². The number of unbranched alkanes of at least 4 members (excludes halogenated alkanes) is 11. The van der Waals surface area contributed by atoms with Crippen molar-refractivity contribution in [2.75, 3.05) is 0 Å². The Morgan fingerprint density at radius 3 is 1.67 bits per heavy atom. The fraction of sp³-hybridized carbons (Fsp3) is 0.833. The molecule has 0 aliphatic carbocycles. The van der Waals surface area contributed by atoms with Gasteiger partial charge >= 0.3 is 5.97 Å². The fourth-order valence-electron chi connectivity index (χ4n) is 2.35. The summed E-state index contributed by atoms with van der Waals surface area (Å²) < 4.78 is 0. The van der Waals surface area contributed by atoms with E-state index >= 15 is 0 Å². The number of allylic oxidation sites excluding steroid dienone is 2. The second-order valence-electron chi connectivity index (χ2n) is 5.73. The molecule has 3 heteroatoms. The summed E-state index contributed by atoms with van der Waals surface area (Å²) in [7, 11) is 0. The first-order valence-electron chi connectivity index (χ1n) is 8.64. The van der Waals surface area contributed by atoms with Crippen LogP contribution in [0.15, 0.2) is 12.2 Å². The average molecular weight is 487 g/mol. The molecule has 0 spiro atoms. The number of hydrogen-bond donors (Lipinski definition) is 1. The molecule has 0 bridgehead atoms. The summed E-state index contributed by atoms with van der Waals surface area (Å²) in [6.45, 7) is 2.26. The van der Waals surface area contributed by atoms with Gasteiger partial charge in [0.1, 0.15) is 0 Å². The first-order chi connectivity index (χ1) is 9.77. The average Bonchev–Trinajstić information content (AvgIpc) is 2.43. The van der Waals surface area contributed by atoms with E-state index in [4.69, 9.17) is 5.11 Å². The Morgan fingerprint density at radius 1 is 0.762 bits per heavy atom. The van der Waals surface area contributed by atoms with Gasteiger partial charge in [0.25, 0.3) is 0 Å². The second-order valence-corrected chi connectivity index (χ2v) is 5.73. The summed E-state index contributed by atoms with van der Waals surface area (Å²) in [6, 6.07) is 0. The summed E-state index contributed by atoms with van der Waals surface area (Å²) in [5.41, 5.74) is 0. The molecule has 21 heavy (non-hydrogen) atoms. The Bertz CT molecular complexity index is 239. The maximum Gasteiger partial charge on any atom is 0.303 e. The van der Waals surface area contributed by atoms with E-state index in [0.717, 1.165) is 12.8 Å². The molecule has 0 saturated carbocycles. The topological polar surface area (TPSA) is 37.3 Å². The maximum absolute atomic E-state index is 10.3. The van der Waals surface area contributed by atoms with E-state index in [1.807, 2.05) is 0 Å². The van der Waals surface area contributed by atoms with Crippen LogP contribution >= 0.6 is 0 Å². The van der Waals surface area contributed by atoms with Crippen LogP contribution in [0.3, 0.4) is 0 Å². The van der Waals surface area contributed by atoms with Gasteiger partial charge in [-0.25, -0.2) is 0 Å². The largest absolute Gasteiger partial charge is 0.481 e. The number of rotatable bonds is 15. The molecule has 0 aromatic rings. The molecular weight excluding hydrogens is 453 g/mol. The van der Waals surface area contributed by atoms with Crippen LogP contribution in [0.2, 0.25) is 0 Å². The normalized spacial score (nSPS) is 10.7. The zero-order valence-electron chi connectivity index (χ0n) is 14.0. The van der Waals surface area contributed by atoms with Crippen molar-refractivity contribution >= 4 is 33.3 Å². The first-order valence-corrected chi connectivity index (χ1v) is 8.64. The molecule has 0 aromatic carbocycles. The van der Waals surface area contributed by atoms with Crippen LogP contribution in [0.1, 0.15) is 96.8 Å². The quantitative estimate of drug-likeness (QED) is 0.182. The molecule has 2 nitrogen and oxygen atoms in total. The number of carbonyl (C=O) groups is 1. The molecule has 0 aromatic heterocycles. The SMILES string of the molecule is CCCCCCCCC=CCCCCCCCC(=O)O.[Tl]. The van der Waals surface area contributed by atoms with Crippen molar-refractivity contribution in [3.63, 3.8) is 0 Å². The van der Waals surface area contributed by atoms with Crippen molar-refractivity contribution in [1.29, 1.82) is 0 Å². The number of aliphatic carboxylic acids is 1. The summed E-state index contributed by atoms with van der Waals surface area (Å²) in [5.74, 6) is -0.664. The van der Waals surface area contributed by atoms with Gasteiger partial charge in [-0.1, -0.05) is 70.4 Å². The third-order valence-corrected chi connectivity index (χ3v) is 3.65. The number of carboxylic acids is 1. The predicted molar refractivity (Wildman–Crippen MR) is 92.8 cm³/mol.